The van der Waals surface area contributed by atoms with Gasteiger partial charge in [0.1, 0.15) is 17.0 Å². The van der Waals surface area contributed by atoms with Crippen molar-refractivity contribution in [3.63, 3.8) is 0 Å². The molecule has 0 aliphatic rings. The van der Waals surface area contributed by atoms with Gasteiger partial charge in [-0.25, -0.2) is 0 Å². The van der Waals surface area contributed by atoms with Crippen molar-refractivity contribution >= 4 is 23.2 Å². The van der Waals surface area contributed by atoms with Crippen molar-refractivity contribution in [3.05, 3.63) is 70.4 Å². The molecule has 1 atom stereocenters. The Balaban J connectivity index is 1.98. The number of carbonyl (C=O) groups excluding carboxylic acids is 1. The maximum Gasteiger partial charge on any atom is 0.261 e. The Morgan fingerprint density at radius 2 is 1.88 bits per heavy atom. The second kappa shape index (κ2) is 7.75. The largest absolute Gasteiger partial charge is 0.360 e. The number of para-hydroxylation sites is 1. The summed E-state index contributed by atoms with van der Waals surface area (Å²) < 4.78 is 5.29. The molecular formula is C21H21ClN2O2. The van der Waals surface area contributed by atoms with E-state index in [4.69, 9.17) is 16.1 Å². The minimum absolute atomic E-state index is 0.255. The second-order valence-electron chi connectivity index (χ2n) is 6.29. The highest BCUT2D eigenvalue weighted by Gasteiger charge is 2.24. The Kier molecular flexibility index (Phi) is 5.43. The second-order valence-corrected chi connectivity index (χ2v) is 6.70. The highest BCUT2D eigenvalue weighted by Crippen LogP contribution is 2.32. The molecule has 4 nitrogen and oxygen atoms in total. The SMILES string of the molecule is CC[C@@H](C)c1ccccc1NC(=O)c1c(-c2ccccc2Cl)noc1C. The molecule has 0 saturated carbocycles. The van der Waals surface area contributed by atoms with Gasteiger partial charge in [0.2, 0.25) is 0 Å². The van der Waals surface area contributed by atoms with Crippen molar-refractivity contribution in [2.45, 2.75) is 33.1 Å². The summed E-state index contributed by atoms with van der Waals surface area (Å²) in [6.45, 7) is 6.00. The molecule has 0 aliphatic carbocycles. The van der Waals surface area contributed by atoms with Crippen LogP contribution in [0.5, 0.6) is 0 Å². The third kappa shape index (κ3) is 3.51. The van der Waals surface area contributed by atoms with Gasteiger partial charge in [-0.3, -0.25) is 4.79 Å². The predicted molar refractivity (Wildman–Crippen MR) is 105 cm³/mol. The molecule has 0 spiro atoms. The third-order valence-electron chi connectivity index (χ3n) is 4.57. The third-order valence-corrected chi connectivity index (χ3v) is 4.90. The lowest BCUT2D eigenvalue weighted by molar-refractivity contribution is 0.102. The molecule has 1 amide bonds. The Morgan fingerprint density at radius 3 is 2.62 bits per heavy atom. The number of nitrogens with zero attached hydrogens (tertiary/aromatic N) is 1. The van der Waals surface area contributed by atoms with Crippen LogP contribution in [0.15, 0.2) is 53.1 Å². The normalized spacial score (nSPS) is 12.0. The number of hydrogen-bond acceptors (Lipinski definition) is 3. The highest BCUT2D eigenvalue weighted by atomic mass is 35.5. The minimum atomic E-state index is -0.255. The summed E-state index contributed by atoms with van der Waals surface area (Å²) in [5, 5.41) is 7.60. The molecule has 2 aromatic carbocycles. The quantitative estimate of drug-likeness (QED) is 0.594. The zero-order chi connectivity index (χ0) is 18.7. The van der Waals surface area contributed by atoms with E-state index in [1.165, 1.54) is 0 Å². The number of aromatic nitrogens is 1. The molecule has 1 heterocycles. The monoisotopic (exact) mass is 368 g/mol. The average Bonchev–Trinajstić information content (AvgIpc) is 3.03. The molecule has 0 radical (unpaired) electrons. The number of amides is 1. The van der Waals surface area contributed by atoms with Gasteiger partial charge < -0.3 is 9.84 Å². The van der Waals surface area contributed by atoms with Crippen LogP contribution in [0.4, 0.5) is 5.69 Å². The number of nitrogens with one attached hydrogen (secondary N) is 1. The first-order valence-corrected chi connectivity index (χ1v) is 9.02. The lowest BCUT2D eigenvalue weighted by Crippen LogP contribution is -2.15. The zero-order valence-electron chi connectivity index (χ0n) is 15.0. The lowest BCUT2D eigenvalue weighted by Gasteiger charge is -2.15. The number of benzene rings is 2. The smallest absolute Gasteiger partial charge is 0.261 e. The Labute approximate surface area is 158 Å². The summed E-state index contributed by atoms with van der Waals surface area (Å²) in [4.78, 5) is 13.0. The summed E-state index contributed by atoms with van der Waals surface area (Å²) in [6, 6.07) is 15.1. The van der Waals surface area contributed by atoms with Gasteiger partial charge in [-0.1, -0.05) is 67.0 Å². The molecular weight excluding hydrogens is 348 g/mol. The topological polar surface area (TPSA) is 55.1 Å². The van der Waals surface area contributed by atoms with Crippen molar-refractivity contribution in [3.8, 4) is 11.3 Å². The molecule has 1 N–H and O–H groups in total. The van der Waals surface area contributed by atoms with Crippen LogP contribution in [-0.4, -0.2) is 11.1 Å². The van der Waals surface area contributed by atoms with Crippen molar-refractivity contribution in [2.24, 2.45) is 0 Å². The first kappa shape index (κ1) is 18.2. The van der Waals surface area contributed by atoms with E-state index < -0.39 is 0 Å². The Bertz CT molecular complexity index is 933. The van der Waals surface area contributed by atoms with Crippen LogP contribution in [0.3, 0.4) is 0 Å². The van der Waals surface area contributed by atoms with Crippen LogP contribution < -0.4 is 5.32 Å². The maximum absolute atomic E-state index is 13.0. The average molecular weight is 369 g/mol. The molecule has 0 fully saturated rings. The lowest BCUT2D eigenvalue weighted by atomic mass is 9.96. The molecule has 3 aromatic rings. The van der Waals surface area contributed by atoms with Crippen molar-refractivity contribution in [1.82, 2.24) is 5.16 Å². The molecule has 5 heteroatoms. The number of carbonyl (C=O) groups is 1. The van der Waals surface area contributed by atoms with Gasteiger partial charge in [0.15, 0.2) is 0 Å². The van der Waals surface area contributed by atoms with E-state index >= 15 is 0 Å². The molecule has 134 valence electrons. The van der Waals surface area contributed by atoms with E-state index in [2.05, 4.69) is 24.3 Å². The Hall–Kier alpha value is -2.59. The first-order chi connectivity index (χ1) is 12.5. The summed E-state index contributed by atoms with van der Waals surface area (Å²) in [6.07, 6.45) is 0.990. The Morgan fingerprint density at radius 1 is 1.19 bits per heavy atom. The van der Waals surface area contributed by atoms with Gasteiger partial charge in [0, 0.05) is 11.3 Å². The molecule has 0 aliphatic heterocycles. The first-order valence-electron chi connectivity index (χ1n) is 8.64. The van der Waals surface area contributed by atoms with Crippen LogP contribution in [0, 0.1) is 6.92 Å². The summed E-state index contributed by atoms with van der Waals surface area (Å²) >= 11 is 6.28. The molecule has 1 aromatic heterocycles. The number of hydrogen-bond donors (Lipinski definition) is 1. The fourth-order valence-electron chi connectivity index (χ4n) is 2.92. The van der Waals surface area contributed by atoms with E-state index in [-0.39, 0.29) is 5.91 Å². The number of rotatable bonds is 5. The highest BCUT2D eigenvalue weighted by molar-refractivity contribution is 6.33. The fraction of sp³-hybridized carbons (Fsp3) is 0.238. The summed E-state index contributed by atoms with van der Waals surface area (Å²) in [7, 11) is 0. The molecule has 0 saturated heterocycles. The summed E-state index contributed by atoms with van der Waals surface area (Å²) in [5.74, 6) is 0.547. The van der Waals surface area contributed by atoms with Gasteiger partial charge in [-0.15, -0.1) is 0 Å². The molecule has 3 rings (SSSR count). The van der Waals surface area contributed by atoms with Gasteiger partial charge in [0.05, 0.1) is 5.02 Å². The van der Waals surface area contributed by atoms with Crippen LogP contribution >= 0.6 is 11.6 Å². The van der Waals surface area contributed by atoms with E-state index in [0.717, 1.165) is 17.7 Å². The maximum atomic E-state index is 13.0. The standard InChI is InChI=1S/C21H21ClN2O2/c1-4-13(2)15-9-6-8-12-18(15)23-21(25)19-14(3)26-24-20(19)16-10-5-7-11-17(16)22/h5-13H,4H2,1-3H3,(H,23,25)/t13-/m1/s1. The molecule has 0 unspecified atom stereocenters. The fourth-order valence-corrected chi connectivity index (χ4v) is 3.15. The van der Waals surface area contributed by atoms with Crippen molar-refractivity contribution < 1.29 is 9.32 Å². The van der Waals surface area contributed by atoms with E-state index in [0.29, 0.717) is 33.5 Å². The van der Waals surface area contributed by atoms with Crippen molar-refractivity contribution in [1.29, 1.82) is 0 Å². The zero-order valence-corrected chi connectivity index (χ0v) is 15.8. The van der Waals surface area contributed by atoms with Crippen LogP contribution in [0.1, 0.15) is 47.9 Å². The van der Waals surface area contributed by atoms with Crippen LogP contribution in [0.25, 0.3) is 11.3 Å². The minimum Gasteiger partial charge on any atom is -0.360 e. The van der Waals surface area contributed by atoms with Crippen LogP contribution in [0.2, 0.25) is 5.02 Å². The van der Waals surface area contributed by atoms with Gasteiger partial charge in [-0.2, -0.15) is 0 Å². The van der Waals surface area contributed by atoms with Gasteiger partial charge >= 0.3 is 0 Å². The van der Waals surface area contributed by atoms with Crippen molar-refractivity contribution in [2.75, 3.05) is 5.32 Å². The molecule has 0 bridgehead atoms. The number of halogens is 1. The summed E-state index contributed by atoms with van der Waals surface area (Å²) in [5.41, 5.74) is 3.43. The van der Waals surface area contributed by atoms with E-state index in [1.807, 2.05) is 42.5 Å². The van der Waals surface area contributed by atoms with E-state index in [1.54, 1.807) is 13.0 Å². The predicted octanol–water partition coefficient (Wildman–Crippen LogP) is 6.07. The van der Waals surface area contributed by atoms with Gasteiger partial charge in [0.25, 0.3) is 5.91 Å². The number of aryl methyl sites for hydroxylation is 1. The number of anilines is 1. The van der Waals surface area contributed by atoms with Crippen LogP contribution in [-0.2, 0) is 0 Å². The molecule has 26 heavy (non-hydrogen) atoms. The van der Waals surface area contributed by atoms with E-state index in [9.17, 15) is 4.79 Å². The van der Waals surface area contributed by atoms with Gasteiger partial charge in [-0.05, 0) is 37.0 Å².